The van der Waals surface area contributed by atoms with E-state index < -0.39 is 0 Å². The molecule has 1 unspecified atom stereocenters. The molecule has 0 aliphatic carbocycles. The van der Waals surface area contributed by atoms with Crippen molar-refractivity contribution in [1.82, 2.24) is 9.55 Å². The standard InChI is InChI=1S/C15H21N3O2S/c1-9(2)11(5-16)12-6-17-8-18(12)13-10(3)7-21-14(13)15(19)20-4/h6-9,11H,5,16H2,1-4H3. The summed E-state index contributed by atoms with van der Waals surface area (Å²) < 4.78 is 6.84. The first-order valence-corrected chi connectivity index (χ1v) is 7.78. The van der Waals surface area contributed by atoms with E-state index in [1.54, 1.807) is 6.33 Å². The van der Waals surface area contributed by atoms with E-state index in [1.165, 1.54) is 18.4 Å². The summed E-state index contributed by atoms with van der Waals surface area (Å²) in [6, 6.07) is 0. The maximum absolute atomic E-state index is 12.0. The highest BCUT2D eigenvalue weighted by atomic mass is 32.1. The third kappa shape index (κ3) is 2.87. The minimum Gasteiger partial charge on any atom is -0.465 e. The summed E-state index contributed by atoms with van der Waals surface area (Å²) in [5.74, 6) is 0.264. The number of carbonyl (C=O) groups is 1. The first-order chi connectivity index (χ1) is 10.0. The molecule has 0 aliphatic heterocycles. The number of methoxy groups -OCH3 is 1. The minimum absolute atomic E-state index is 0.192. The maximum atomic E-state index is 12.0. The van der Waals surface area contributed by atoms with Gasteiger partial charge in [-0.25, -0.2) is 9.78 Å². The first-order valence-electron chi connectivity index (χ1n) is 6.90. The van der Waals surface area contributed by atoms with Gasteiger partial charge in [0.15, 0.2) is 0 Å². The minimum atomic E-state index is -0.323. The number of imidazole rings is 1. The van der Waals surface area contributed by atoms with Gasteiger partial charge in [-0.05, 0) is 23.8 Å². The van der Waals surface area contributed by atoms with Crippen molar-refractivity contribution in [2.75, 3.05) is 13.7 Å². The number of rotatable bonds is 5. The van der Waals surface area contributed by atoms with Crippen molar-refractivity contribution in [2.24, 2.45) is 11.7 Å². The van der Waals surface area contributed by atoms with Crippen molar-refractivity contribution >= 4 is 17.3 Å². The molecule has 0 saturated carbocycles. The fourth-order valence-electron chi connectivity index (χ4n) is 2.48. The maximum Gasteiger partial charge on any atom is 0.350 e. The van der Waals surface area contributed by atoms with Gasteiger partial charge in [-0.1, -0.05) is 13.8 Å². The van der Waals surface area contributed by atoms with E-state index in [0.29, 0.717) is 17.3 Å². The zero-order valence-electron chi connectivity index (χ0n) is 12.8. The van der Waals surface area contributed by atoms with Gasteiger partial charge in [0, 0.05) is 24.4 Å². The van der Waals surface area contributed by atoms with Crippen molar-refractivity contribution in [3.8, 4) is 5.69 Å². The summed E-state index contributed by atoms with van der Waals surface area (Å²) in [6.45, 7) is 6.79. The summed E-state index contributed by atoms with van der Waals surface area (Å²) >= 11 is 1.39. The van der Waals surface area contributed by atoms with Crippen LogP contribution in [0, 0.1) is 12.8 Å². The van der Waals surface area contributed by atoms with Crippen molar-refractivity contribution in [2.45, 2.75) is 26.7 Å². The van der Waals surface area contributed by atoms with Crippen LogP contribution in [-0.4, -0.2) is 29.2 Å². The van der Waals surface area contributed by atoms with E-state index in [4.69, 9.17) is 10.5 Å². The monoisotopic (exact) mass is 307 g/mol. The Morgan fingerprint density at radius 2 is 2.24 bits per heavy atom. The zero-order valence-corrected chi connectivity index (χ0v) is 13.6. The quantitative estimate of drug-likeness (QED) is 0.862. The lowest BCUT2D eigenvalue weighted by molar-refractivity contribution is 0.0606. The second-order valence-corrected chi connectivity index (χ2v) is 6.24. The number of nitrogens with two attached hydrogens (primary N) is 1. The summed E-state index contributed by atoms with van der Waals surface area (Å²) in [4.78, 5) is 16.8. The van der Waals surface area contributed by atoms with Crippen molar-refractivity contribution in [3.63, 3.8) is 0 Å². The lowest BCUT2D eigenvalue weighted by Gasteiger charge is -2.21. The highest BCUT2D eigenvalue weighted by Gasteiger charge is 2.24. The Morgan fingerprint density at radius 1 is 1.52 bits per heavy atom. The van der Waals surface area contributed by atoms with E-state index in [1.807, 2.05) is 23.1 Å². The van der Waals surface area contributed by atoms with Crippen LogP contribution in [-0.2, 0) is 4.74 Å². The number of thiophene rings is 1. The number of aromatic nitrogens is 2. The summed E-state index contributed by atoms with van der Waals surface area (Å²) in [5, 5.41) is 1.96. The smallest absolute Gasteiger partial charge is 0.350 e. The molecule has 0 spiro atoms. The predicted octanol–water partition coefficient (Wildman–Crippen LogP) is 2.73. The van der Waals surface area contributed by atoms with Crippen LogP contribution >= 0.6 is 11.3 Å². The molecular formula is C15H21N3O2S. The van der Waals surface area contributed by atoms with E-state index in [9.17, 15) is 4.79 Å². The van der Waals surface area contributed by atoms with E-state index in [0.717, 1.165) is 16.9 Å². The van der Waals surface area contributed by atoms with Crippen LogP contribution in [0.15, 0.2) is 17.9 Å². The first kappa shape index (κ1) is 15.7. The average molecular weight is 307 g/mol. The zero-order chi connectivity index (χ0) is 15.6. The fourth-order valence-corrected chi connectivity index (χ4v) is 3.43. The van der Waals surface area contributed by atoms with Gasteiger partial charge in [-0.3, -0.25) is 0 Å². The molecule has 2 rings (SSSR count). The van der Waals surface area contributed by atoms with Gasteiger partial charge in [0.05, 0.1) is 19.1 Å². The van der Waals surface area contributed by atoms with Crippen LogP contribution < -0.4 is 5.73 Å². The average Bonchev–Trinajstić information content (AvgIpc) is 3.05. The Morgan fingerprint density at radius 3 is 2.81 bits per heavy atom. The molecule has 0 saturated heterocycles. The van der Waals surface area contributed by atoms with Gasteiger partial charge in [-0.2, -0.15) is 0 Å². The van der Waals surface area contributed by atoms with E-state index in [2.05, 4.69) is 18.8 Å². The normalized spacial score (nSPS) is 12.7. The summed E-state index contributed by atoms with van der Waals surface area (Å²) in [5.41, 5.74) is 8.82. The Bertz CT molecular complexity index is 631. The van der Waals surface area contributed by atoms with Crippen molar-refractivity contribution in [1.29, 1.82) is 0 Å². The van der Waals surface area contributed by atoms with Crippen LogP contribution in [0.2, 0.25) is 0 Å². The van der Waals surface area contributed by atoms with Crippen LogP contribution in [0.5, 0.6) is 0 Å². The largest absolute Gasteiger partial charge is 0.465 e. The van der Waals surface area contributed by atoms with Crippen LogP contribution in [0.3, 0.4) is 0 Å². The second-order valence-electron chi connectivity index (χ2n) is 5.36. The molecule has 0 aliphatic rings. The second kappa shape index (κ2) is 6.41. The van der Waals surface area contributed by atoms with Crippen molar-refractivity contribution in [3.05, 3.63) is 34.0 Å². The molecule has 5 nitrogen and oxygen atoms in total. The summed E-state index contributed by atoms with van der Waals surface area (Å²) in [7, 11) is 1.40. The number of hydrogen-bond acceptors (Lipinski definition) is 5. The molecule has 0 amide bonds. The molecule has 2 aromatic rings. The fraction of sp³-hybridized carbons (Fsp3) is 0.467. The number of ether oxygens (including phenoxy) is 1. The molecule has 21 heavy (non-hydrogen) atoms. The molecule has 2 N–H and O–H groups in total. The Balaban J connectivity index is 2.57. The predicted molar refractivity (Wildman–Crippen MR) is 84.2 cm³/mol. The third-order valence-electron chi connectivity index (χ3n) is 3.66. The Hall–Kier alpha value is -1.66. The highest BCUT2D eigenvalue weighted by molar-refractivity contribution is 7.12. The number of nitrogens with zero attached hydrogens (tertiary/aromatic N) is 2. The van der Waals surface area contributed by atoms with Crippen molar-refractivity contribution < 1.29 is 9.53 Å². The molecule has 1 atom stereocenters. The lowest BCUT2D eigenvalue weighted by Crippen LogP contribution is -2.21. The molecule has 0 aromatic carbocycles. The number of esters is 1. The van der Waals surface area contributed by atoms with Gasteiger partial charge in [0.1, 0.15) is 4.88 Å². The molecule has 0 fully saturated rings. The van der Waals surface area contributed by atoms with Gasteiger partial charge in [0.25, 0.3) is 0 Å². The van der Waals surface area contributed by atoms with Gasteiger partial charge < -0.3 is 15.0 Å². The highest BCUT2D eigenvalue weighted by Crippen LogP contribution is 2.31. The molecule has 2 heterocycles. The molecule has 6 heteroatoms. The molecule has 114 valence electrons. The number of hydrogen-bond donors (Lipinski definition) is 1. The van der Waals surface area contributed by atoms with Crippen LogP contribution in [0.4, 0.5) is 0 Å². The Kier molecular flexibility index (Phi) is 4.80. The molecular weight excluding hydrogens is 286 g/mol. The van der Waals surface area contributed by atoms with E-state index >= 15 is 0 Å². The van der Waals surface area contributed by atoms with Crippen LogP contribution in [0.1, 0.15) is 40.7 Å². The van der Waals surface area contributed by atoms with Gasteiger partial charge in [0.2, 0.25) is 0 Å². The van der Waals surface area contributed by atoms with Gasteiger partial charge in [-0.15, -0.1) is 11.3 Å². The van der Waals surface area contributed by atoms with Crippen LogP contribution in [0.25, 0.3) is 5.69 Å². The summed E-state index contributed by atoms with van der Waals surface area (Å²) in [6.07, 6.45) is 3.57. The molecule has 0 bridgehead atoms. The molecule has 2 aromatic heterocycles. The topological polar surface area (TPSA) is 70.1 Å². The third-order valence-corrected chi connectivity index (χ3v) is 4.73. The number of carbonyl (C=O) groups excluding carboxylic acids is 1. The van der Waals surface area contributed by atoms with Gasteiger partial charge >= 0.3 is 5.97 Å². The van der Waals surface area contributed by atoms with E-state index in [-0.39, 0.29) is 11.9 Å². The molecule has 0 radical (unpaired) electrons. The number of aryl methyl sites for hydroxylation is 1. The SMILES string of the molecule is COC(=O)c1scc(C)c1-n1cncc1C(CN)C(C)C. The Labute approximate surface area is 128 Å². The lowest BCUT2D eigenvalue weighted by atomic mass is 9.93.